The van der Waals surface area contributed by atoms with E-state index >= 15 is 0 Å². The van der Waals surface area contributed by atoms with Crippen molar-refractivity contribution in [3.05, 3.63) is 6.33 Å². The summed E-state index contributed by atoms with van der Waals surface area (Å²) in [7, 11) is 0. The van der Waals surface area contributed by atoms with Crippen LogP contribution in [0.15, 0.2) is 15.8 Å². The van der Waals surface area contributed by atoms with Gasteiger partial charge in [-0.25, -0.2) is 10.8 Å². The van der Waals surface area contributed by atoms with E-state index in [0.717, 1.165) is 4.34 Å². The van der Waals surface area contributed by atoms with Gasteiger partial charge in [0.25, 0.3) is 0 Å². The number of aromatic nitrogens is 5. The zero-order valence-corrected chi connectivity index (χ0v) is 11.3. The Morgan fingerprint density at radius 1 is 1.39 bits per heavy atom. The Kier molecular flexibility index (Phi) is 4.23. The molecule has 0 fully saturated rings. The van der Waals surface area contributed by atoms with Crippen LogP contribution in [-0.2, 0) is 0 Å². The molecule has 18 heavy (non-hydrogen) atoms. The van der Waals surface area contributed by atoms with E-state index in [1.165, 1.54) is 29.6 Å². The molecule has 0 radical (unpaired) electrons. The number of nitrogen functional groups attached to an aromatic ring is 1. The Bertz CT molecular complexity index is 504. The molecular weight excluding hydrogens is 274 g/mol. The Morgan fingerprint density at radius 3 is 2.83 bits per heavy atom. The molecule has 0 atom stereocenters. The van der Waals surface area contributed by atoms with Crippen LogP contribution in [0, 0.1) is 0 Å². The average Bonchev–Trinajstić information content (AvgIpc) is 2.80. The summed E-state index contributed by atoms with van der Waals surface area (Å²) in [5.41, 5.74) is 2.37. The maximum absolute atomic E-state index is 5.41. The first-order chi connectivity index (χ1) is 8.67. The lowest BCUT2D eigenvalue weighted by atomic mass is 10.5. The molecule has 2 aromatic rings. The number of nitrogens with zero attached hydrogens (tertiary/aromatic N) is 5. The summed E-state index contributed by atoms with van der Waals surface area (Å²) in [5, 5.41) is 0.449. The number of hydrazine groups is 1. The first-order valence-electron chi connectivity index (χ1n) is 5.01. The molecule has 10 heteroatoms. The fourth-order valence-corrected chi connectivity index (χ4v) is 2.29. The zero-order valence-electron chi connectivity index (χ0n) is 9.69. The zero-order chi connectivity index (χ0) is 13.0. The van der Waals surface area contributed by atoms with Gasteiger partial charge in [0, 0.05) is 0 Å². The van der Waals surface area contributed by atoms with Crippen LogP contribution in [0.4, 0.5) is 5.95 Å². The highest BCUT2D eigenvalue weighted by Gasteiger charge is 2.11. The van der Waals surface area contributed by atoms with Crippen molar-refractivity contribution in [3.8, 4) is 6.01 Å². The van der Waals surface area contributed by atoms with Crippen molar-refractivity contribution in [2.24, 2.45) is 5.84 Å². The van der Waals surface area contributed by atoms with E-state index in [2.05, 4.69) is 29.7 Å². The Morgan fingerprint density at radius 2 is 2.22 bits per heavy atom. The van der Waals surface area contributed by atoms with Crippen LogP contribution in [0.1, 0.15) is 13.8 Å². The fraction of sp³-hybridized carbons (Fsp3) is 0.375. The predicted octanol–water partition coefficient (Wildman–Crippen LogP) is 0.947. The van der Waals surface area contributed by atoms with Gasteiger partial charge in [-0.2, -0.15) is 19.3 Å². The predicted molar refractivity (Wildman–Crippen MR) is 67.4 cm³/mol. The Labute approximate surface area is 112 Å². The summed E-state index contributed by atoms with van der Waals surface area (Å²) in [6.07, 6.45) is 1.44. The van der Waals surface area contributed by atoms with Crippen molar-refractivity contribution in [1.29, 1.82) is 0 Å². The SMILES string of the molecule is CC(C)Oc1nc(NN)nc(Sc2ncns2)n1. The molecule has 0 bridgehead atoms. The van der Waals surface area contributed by atoms with Gasteiger partial charge >= 0.3 is 6.01 Å². The van der Waals surface area contributed by atoms with Crippen LogP contribution in [0.3, 0.4) is 0 Å². The summed E-state index contributed by atoms with van der Waals surface area (Å²) in [5.74, 6) is 5.54. The lowest BCUT2D eigenvalue weighted by Gasteiger charge is -2.09. The van der Waals surface area contributed by atoms with Crippen molar-refractivity contribution in [3.63, 3.8) is 0 Å². The van der Waals surface area contributed by atoms with Crippen LogP contribution in [0.2, 0.25) is 0 Å². The van der Waals surface area contributed by atoms with E-state index in [1.807, 2.05) is 13.8 Å². The van der Waals surface area contributed by atoms with Crippen molar-refractivity contribution in [2.75, 3.05) is 5.43 Å². The molecule has 2 heterocycles. The standard InChI is InChI=1S/C8H11N7OS2/c1-4(2)16-6-12-5(15-9)13-7(14-6)17-8-10-3-11-18-8/h3-4H,9H2,1-2H3,(H,12,13,14,15). The largest absolute Gasteiger partial charge is 0.461 e. The normalized spacial score (nSPS) is 10.7. The first kappa shape index (κ1) is 12.9. The van der Waals surface area contributed by atoms with E-state index in [-0.39, 0.29) is 18.1 Å². The second-order valence-corrected chi connectivity index (χ2v) is 5.34. The lowest BCUT2D eigenvalue weighted by molar-refractivity contribution is 0.219. The number of hydrogen-bond donors (Lipinski definition) is 2. The molecule has 0 aliphatic rings. The third kappa shape index (κ3) is 3.48. The monoisotopic (exact) mass is 285 g/mol. The average molecular weight is 285 g/mol. The van der Waals surface area contributed by atoms with E-state index in [1.54, 1.807) is 0 Å². The molecule has 0 aromatic carbocycles. The van der Waals surface area contributed by atoms with Gasteiger partial charge in [-0.3, -0.25) is 5.43 Å². The molecule has 0 spiro atoms. The molecule has 8 nitrogen and oxygen atoms in total. The van der Waals surface area contributed by atoms with E-state index in [0.29, 0.717) is 5.16 Å². The summed E-state index contributed by atoms with van der Waals surface area (Å²) in [4.78, 5) is 16.3. The maximum atomic E-state index is 5.41. The minimum Gasteiger partial charge on any atom is -0.461 e. The number of nitrogens with one attached hydrogen (secondary N) is 1. The van der Waals surface area contributed by atoms with Crippen LogP contribution < -0.4 is 16.0 Å². The van der Waals surface area contributed by atoms with Crippen molar-refractivity contribution >= 4 is 29.2 Å². The summed E-state index contributed by atoms with van der Waals surface area (Å²) >= 11 is 2.53. The van der Waals surface area contributed by atoms with E-state index in [9.17, 15) is 0 Å². The third-order valence-corrected chi connectivity index (χ3v) is 3.16. The Balaban J connectivity index is 2.23. The van der Waals surface area contributed by atoms with Gasteiger partial charge in [-0.15, -0.1) is 0 Å². The van der Waals surface area contributed by atoms with Crippen molar-refractivity contribution in [2.45, 2.75) is 29.4 Å². The first-order valence-corrected chi connectivity index (χ1v) is 6.60. The van der Waals surface area contributed by atoms with Crippen LogP contribution >= 0.6 is 23.3 Å². The highest BCUT2D eigenvalue weighted by molar-refractivity contribution is 8.00. The number of hydrogen-bond acceptors (Lipinski definition) is 10. The van der Waals surface area contributed by atoms with Gasteiger partial charge < -0.3 is 4.74 Å². The summed E-state index contributed by atoms with van der Waals surface area (Å²) in [6.45, 7) is 3.77. The van der Waals surface area contributed by atoms with Gasteiger partial charge in [-0.05, 0) is 37.1 Å². The maximum Gasteiger partial charge on any atom is 0.322 e. The van der Waals surface area contributed by atoms with Crippen molar-refractivity contribution in [1.82, 2.24) is 24.3 Å². The number of nitrogens with two attached hydrogens (primary N) is 1. The molecule has 0 aliphatic carbocycles. The molecule has 0 saturated heterocycles. The molecule has 2 aromatic heterocycles. The van der Waals surface area contributed by atoms with Gasteiger partial charge in [-0.1, -0.05) is 0 Å². The molecule has 3 N–H and O–H groups in total. The lowest BCUT2D eigenvalue weighted by Crippen LogP contribution is -2.14. The molecule has 0 saturated carbocycles. The molecule has 0 aliphatic heterocycles. The minimum atomic E-state index is -0.0302. The van der Waals surface area contributed by atoms with E-state index < -0.39 is 0 Å². The van der Waals surface area contributed by atoms with Gasteiger partial charge in [0.05, 0.1) is 6.10 Å². The summed E-state index contributed by atoms with van der Waals surface area (Å²) in [6, 6.07) is 0.222. The highest BCUT2D eigenvalue weighted by atomic mass is 32.2. The van der Waals surface area contributed by atoms with Crippen LogP contribution in [0.25, 0.3) is 0 Å². The van der Waals surface area contributed by atoms with Gasteiger partial charge in [0.15, 0.2) is 4.34 Å². The fourth-order valence-electron chi connectivity index (χ4n) is 0.998. The second-order valence-electron chi connectivity index (χ2n) is 3.34. The Hall–Kier alpha value is -1.52. The third-order valence-electron chi connectivity index (χ3n) is 1.58. The van der Waals surface area contributed by atoms with Crippen LogP contribution in [-0.4, -0.2) is 30.4 Å². The molecule has 96 valence electrons. The number of ether oxygens (including phenoxy) is 1. The van der Waals surface area contributed by atoms with Gasteiger partial charge in [0.1, 0.15) is 6.33 Å². The van der Waals surface area contributed by atoms with Gasteiger partial charge in [0.2, 0.25) is 11.1 Å². The second kappa shape index (κ2) is 5.89. The smallest absolute Gasteiger partial charge is 0.322 e. The minimum absolute atomic E-state index is 0.0302. The highest BCUT2D eigenvalue weighted by Crippen LogP contribution is 2.26. The number of anilines is 1. The van der Waals surface area contributed by atoms with Crippen LogP contribution in [0.5, 0.6) is 6.01 Å². The molecule has 0 amide bonds. The van der Waals surface area contributed by atoms with Crippen molar-refractivity contribution < 1.29 is 4.74 Å². The molecular formula is C8H11N7OS2. The van der Waals surface area contributed by atoms with E-state index in [4.69, 9.17) is 10.6 Å². The number of rotatable bonds is 5. The molecule has 2 rings (SSSR count). The summed E-state index contributed by atoms with van der Waals surface area (Å²) < 4.78 is 10.0. The molecule has 0 unspecified atom stereocenters. The quantitative estimate of drug-likeness (QED) is 0.612. The topological polar surface area (TPSA) is 112 Å².